The Morgan fingerprint density at radius 2 is 1.89 bits per heavy atom. The molecule has 2 aromatic rings. The molecule has 0 aromatic heterocycles. The lowest BCUT2D eigenvalue weighted by Gasteiger charge is -2.09. The van der Waals surface area contributed by atoms with Crippen LogP contribution in [-0.2, 0) is 6.54 Å². The zero-order valence-corrected chi connectivity index (χ0v) is 13.2. The van der Waals surface area contributed by atoms with Crippen LogP contribution < -0.4 is 5.32 Å². The Kier molecular flexibility index (Phi) is 5.17. The van der Waals surface area contributed by atoms with Crippen molar-refractivity contribution in [2.75, 3.05) is 7.05 Å². The highest BCUT2D eigenvalue weighted by Gasteiger charge is 2.05. The maximum absolute atomic E-state index is 6.18. The van der Waals surface area contributed by atoms with Gasteiger partial charge in [-0.15, -0.1) is 0 Å². The highest BCUT2D eigenvalue weighted by Crippen LogP contribution is 2.35. The van der Waals surface area contributed by atoms with Crippen LogP contribution in [0.1, 0.15) is 11.1 Å². The second-order valence-corrected chi connectivity index (χ2v) is 6.25. The first-order valence-electron chi connectivity index (χ1n) is 5.97. The van der Waals surface area contributed by atoms with Crippen LogP contribution in [-0.4, -0.2) is 7.05 Å². The second kappa shape index (κ2) is 6.67. The lowest BCUT2D eigenvalue weighted by molar-refractivity contribution is 0.811. The number of nitrogens with one attached hydrogen (secondary N) is 1. The van der Waals surface area contributed by atoms with E-state index in [1.165, 1.54) is 16.0 Å². The summed E-state index contributed by atoms with van der Waals surface area (Å²) in [6, 6.07) is 12.0. The Hall–Kier alpha value is -0.670. The summed E-state index contributed by atoms with van der Waals surface area (Å²) in [5.41, 5.74) is 2.58. The van der Waals surface area contributed by atoms with Crippen LogP contribution in [0.4, 0.5) is 0 Å². The van der Waals surface area contributed by atoms with Gasteiger partial charge in [-0.25, -0.2) is 0 Å². The van der Waals surface area contributed by atoms with Gasteiger partial charge in [-0.05, 0) is 55.4 Å². The molecule has 0 aliphatic carbocycles. The van der Waals surface area contributed by atoms with E-state index in [9.17, 15) is 0 Å². The lowest BCUT2D eigenvalue weighted by atomic mass is 10.1. The van der Waals surface area contributed by atoms with E-state index in [2.05, 4.69) is 30.4 Å². The fraction of sp³-hybridized carbons (Fsp3) is 0.200. The summed E-state index contributed by atoms with van der Waals surface area (Å²) >= 11 is 13.8. The monoisotopic (exact) mass is 311 g/mol. The molecule has 0 unspecified atom stereocenters. The number of halogens is 2. The van der Waals surface area contributed by atoms with E-state index < -0.39 is 0 Å². The number of rotatable bonds is 4. The predicted molar refractivity (Wildman–Crippen MR) is 84.5 cm³/mol. The minimum absolute atomic E-state index is 0.704. The summed E-state index contributed by atoms with van der Waals surface area (Å²) in [4.78, 5) is 2.15. The average molecular weight is 312 g/mol. The molecule has 0 aliphatic rings. The van der Waals surface area contributed by atoms with E-state index in [4.69, 9.17) is 23.2 Å². The van der Waals surface area contributed by atoms with Gasteiger partial charge in [0.1, 0.15) is 0 Å². The molecular formula is C15H15Cl2NS. The van der Waals surface area contributed by atoms with Gasteiger partial charge in [0.25, 0.3) is 0 Å². The Labute approximate surface area is 128 Å². The molecule has 0 spiro atoms. The summed E-state index contributed by atoms with van der Waals surface area (Å²) in [5, 5.41) is 4.60. The van der Waals surface area contributed by atoms with Crippen LogP contribution in [0.15, 0.2) is 46.2 Å². The second-order valence-electron chi connectivity index (χ2n) is 4.30. The van der Waals surface area contributed by atoms with Gasteiger partial charge in [-0.3, -0.25) is 0 Å². The molecule has 2 aromatic carbocycles. The standard InChI is InChI=1S/C15H15Cl2NS/c1-10-7-13(5-3-11(10)9-18-2)19-15-8-12(16)4-6-14(15)17/h3-8,18H,9H2,1-2H3. The van der Waals surface area contributed by atoms with Gasteiger partial charge in [0.2, 0.25) is 0 Å². The van der Waals surface area contributed by atoms with E-state index >= 15 is 0 Å². The van der Waals surface area contributed by atoms with Gasteiger partial charge >= 0.3 is 0 Å². The van der Waals surface area contributed by atoms with Gasteiger partial charge in [-0.2, -0.15) is 0 Å². The molecule has 19 heavy (non-hydrogen) atoms. The van der Waals surface area contributed by atoms with Gasteiger partial charge in [-0.1, -0.05) is 41.0 Å². The number of hydrogen-bond acceptors (Lipinski definition) is 2. The van der Waals surface area contributed by atoms with Gasteiger partial charge in [0.15, 0.2) is 0 Å². The van der Waals surface area contributed by atoms with Crippen LogP contribution in [0.5, 0.6) is 0 Å². The maximum atomic E-state index is 6.18. The van der Waals surface area contributed by atoms with E-state index in [1.54, 1.807) is 17.8 Å². The molecular weight excluding hydrogens is 297 g/mol. The average Bonchev–Trinajstić information content (AvgIpc) is 2.37. The SMILES string of the molecule is CNCc1ccc(Sc2cc(Cl)ccc2Cl)cc1C. The number of hydrogen-bond donors (Lipinski definition) is 1. The van der Waals surface area contributed by atoms with E-state index in [1.807, 2.05) is 19.2 Å². The summed E-state index contributed by atoms with van der Waals surface area (Å²) in [6.45, 7) is 3.00. The fourth-order valence-electron chi connectivity index (χ4n) is 1.80. The molecule has 0 saturated heterocycles. The largest absolute Gasteiger partial charge is 0.316 e. The van der Waals surface area contributed by atoms with Crippen molar-refractivity contribution < 1.29 is 0 Å². The molecule has 0 amide bonds. The first-order chi connectivity index (χ1) is 9.10. The first-order valence-corrected chi connectivity index (χ1v) is 7.54. The van der Waals surface area contributed by atoms with Gasteiger partial charge < -0.3 is 5.32 Å². The van der Waals surface area contributed by atoms with Crippen LogP contribution in [0.2, 0.25) is 10.0 Å². The zero-order valence-electron chi connectivity index (χ0n) is 10.8. The first kappa shape index (κ1) is 14.7. The number of aryl methyl sites for hydroxylation is 1. The minimum atomic E-state index is 0.704. The summed E-state index contributed by atoms with van der Waals surface area (Å²) in [6.07, 6.45) is 0. The van der Waals surface area contributed by atoms with Crippen LogP contribution in [0.3, 0.4) is 0 Å². The molecule has 1 nitrogen and oxygen atoms in total. The molecule has 0 bridgehead atoms. The van der Waals surface area contributed by atoms with Crippen molar-refractivity contribution in [3.8, 4) is 0 Å². The zero-order chi connectivity index (χ0) is 13.8. The van der Waals surface area contributed by atoms with Crippen molar-refractivity contribution >= 4 is 35.0 Å². The molecule has 4 heteroatoms. The Morgan fingerprint density at radius 3 is 2.58 bits per heavy atom. The third-order valence-corrected chi connectivity index (χ3v) is 4.53. The van der Waals surface area contributed by atoms with Crippen LogP contribution in [0, 0.1) is 6.92 Å². The van der Waals surface area contributed by atoms with E-state index in [0.717, 1.165) is 16.5 Å². The fourth-order valence-corrected chi connectivity index (χ4v) is 3.25. The lowest BCUT2D eigenvalue weighted by Crippen LogP contribution is -2.06. The van der Waals surface area contributed by atoms with Crippen molar-refractivity contribution in [2.45, 2.75) is 23.3 Å². The van der Waals surface area contributed by atoms with Crippen LogP contribution in [0.25, 0.3) is 0 Å². The summed E-state index contributed by atoms with van der Waals surface area (Å²) in [7, 11) is 1.95. The molecule has 0 heterocycles. The molecule has 0 atom stereocenters. The maximum Gasteiger partial charge on any atom is 0.0546 e. The summed E-state index contributed by atoms with van der Waals surface area (Å²) in [5.74, 6) is 0. The third-order valence-electron chi connectivity index (χ3n) is 2.80. The Morgan fingerprint density at radius 1 is 1.11 bits per heavy atom. The third kappa shape index (κ3) is 3.90. The van der Waals surface area contributed by atoms with Crippen molar-refractivity contribution in [3.05, 3.63) is 57.6 Å². The Balaban J connectivity index is 2.24. The number of benzene rings is 2. The molecule has 1 N–H and O–H groups in total. The quantitative estimate of drug-likeness (QED) is 0.835. The predicted octanol–water partition coefficient (Wildman–Crippen LogP) is 5.17. The van der Waals surface area contributed by atoms with Crippen molar-refractivity contribution in [1.82, 2.24) is 5.32 Å². The van der Waals surface area contributed by atoms with Crippen molar-refractivity contribution in [3.63, 3.8) is 0 Å². The molecule has 0 fully saturated rings. The van der Waals surface area contributed by atoms with Crippen molar-refractivity contribution in [2.24, 2.45) is 0 Å². The highest BCUT2D eigenvalue weighted by molar-refractivity contribution is 7.99. The smallest absolute Gasteiger partial charge is 0.0546 e. The molecule has 0 aliphatic heterocycles. The van der Waals surface area contributed by atoms with E-state index in [-0.39, 0.29) is 0 Å². The Bertz CT molecular complexity index is 584. The minimum Gasteiger partial charge on any atom is -0.316 e. The molecule has 100 valence electrons. The van der Waals surface area contributed by atoms with E-state index in [0.29, 0.717) is 5.02 Å². The molecule has 0 radical (unpaired) electrons. The summed E-state index contributed by atoms with van der Waals surface area (Å²) < 4.78 is 0. The van der Waals surface area contributed by atoms with Gasteiger partial charge in [0, 0.05) is 21.4 Å². The van der Waals surface area contributed by atoms with Gasteiger partial charge in [0.05, 0.1) is 5.02 Å². The topological polar surface area (TPSA) is 12.0 Å². The van der Waals surface area contributed by atoms with Crippen molar-refractivity contribution in [1.29, 1.82) is 0 Å². The van der Waals surface area contributed by atoms with Crippen LogP contribution >= 0.6 is 35.0 Å². The highest BCUT2D eigenvalue weighted by atomic mass is 35.5. The normalized spacial score (nSPS) is 10.7. The molecule has 0 saturated carbocycles. The molecule has 2 rings (SSSR count).